The van der Waals surface area contributed by atoms with E-state index in [1.54, 1.807) is 22.9 Å². The van der Waals surface area contributed by atoms with Gasteiger partial charge in [0.1, 0.15) is 0 Å². The van der Waals surface area contributed by atoms with Crippen molar-refractivity contribution in [1.82, 2.24) is 20.2 Å². The molecule has 1 aliphatic rings. The van der Waals surface area contributed by atoms with Gasteiger partial charge in [-0.05, 0) is 47.2 Å². The van der Waals surface area contributed by atoms with Gasteiger partial charge < -0.3 is 11.5 Å². The number of anilines is 1. The first-order valence-corrected chi connectivity index (χ1v) is 6.62. The number of aromatic nitrogens is 4. The Morgan fingerprint density at radius 3 is 2.89 bits per heavy atom. The third kappa shape index (κ3) is 2.26. The highest BCUT2D eigenvalue weighted by molar-refractivity contribution is 7.99. The molecule has 19 heavy (non-hydrogen) atoms. The Labute approximate surface area is 113 Å². The fraction of sp³-hybridized carbons (Fsp3) is 0.273. The molecule has 7 nitrogen and oxygen atoms in total. The van der Waals surface area contributed by atoms with E-state index in [1.807, 2.05) is 0 Å². The van der Waals surface area contributed by atoms with Crippen LogP contribution in [0.5, 0.6) is 0 Å². The molecule has 0 atom stereocenters. The Bertz CT molecular complexity index is 636. The average Bonchev–Trinajstić information content (AvgIpc) is 3.12. The largest absolute Gasteiger partial charge is 0.398 e. The van der Waals surface area contributed by atoms with Gasteiger partial charge in [-0.15, -0.1) is 5.10 Å². The summed E-state index contributed by atoms with van der Waals surface area (Å²) in [5.41, 5.74) is 12.1. The van der Waals surface area contributed by atoms with Gasteiger partial charge in [0.15, 0.2) is 0 Å². The molecule has 4 N–H and O–H groups in total. The molecule has 0 unspecified atom stereocenters. The number of nitrogens with zero attached hydrogens (tertiary/aromatic N) is 4. The van der Waals surface area contributed by atoms with Gasteiger partial charge in [-0.3, -0.25) is 4.79 Å². The summed E-state index contributed by atoms with van der Waals surface area (Å²) < 4.78 is 1.77. The Morgan fingerprint density at radius 1 is 1.42 bits per heavy atom. The fourth-order valence-corrected chi connectivity index (χ4v) is 2.76. The molecule has 8 heteroatoms. The number of carbonyl (C=O) groups is 1. The summed E-state index contributed by atoms with van der Waals surface area (Å²) >= 11 is 1.27. The first kappa shape index (κ1) is 12.0. The zero-order valence-electron chi connectivity index (χ0n) is 9.98. The third-order valence-corrected chi connectivity index (χ3v) is 3.97. The summed E-state index contributed by atoms with van der Waals surface area (Å²) in [6, 6.07) is 5.43. The van der Waals surface area contributed by atoms with Gasteiger partial charge in [0.05, 0.1) is 16.5 Å². The number of hydrogen-bond acceptors (Lipinski definition) is 6. The van der Waals surface area contributed by atoms with Crippen molar-refractivity contribution < 1.29 is 4.79 Å². The number of nitrogens with two attached hydrogens (primary N) is 2. The van der Waals surface area contributed by atoms with Crippen LogP contribution in [0.3, 0.4) is 0 Å². The first-order chi connectivity index (χ1) is 9.16. The molecule has 1 aliphatic carbocycles. The molecule has 1 amide bonds. The number of hydrogen-bond donors (Lipinski definition) is 2. The summed E-state index contributed by atoms with van der Waals surface area (Å²) in [6.07, 6.45) is 2.15. The van der Waals surface area contributed by atoms with Crippen LogP contribution in [-0.4, -0.2) is 26.1 Å². The lowest BCUT2D eigenvalue weighted by molar-refractivity contribution is 0.0997. The van der Waals surface area contributed by atoms with Crippen molar-refractivity contribution in [1.29, 1.82) is 0 Å². The maximum Gasteiger partial charge on any atom is 0.249 e. The number of nitrogen functional groups attached to an aromatic ring is 1. The average molecular weight is 276 g/mol. The second-order valence-corrected chi connectivity index (χ2v) is 5.30. The monoisotopic (exact) mass is 276 g/mol. The highest BCUT2D eigenvalue weighted by atomic mass is 32.2. The van der Waals surface area contributed by atoms with Crippen molar-refractivity contribution in [3.63, 3.8) is 0 Å². The van der Waals surface area contributed by atoms with Crippen molar-refractivity contribution in [2.45, 2.75) is 28.9 Å². The maximum atomic E-state index is 11.4. The molecule has 3 rings (SSSR count). The highest BCUT2D eigenvalue weighted by Gasteiger charge is 2.28. The van der Waals surface area contributed by atoms with E-state index < -0.39 is 5.91 Å². The minimum absolute atomic E-state index is 0.361. The number of tetrazole rings is 1. The fourth-order valence-electron chi connectivity index (χ4n) is 1.76. The lowest BCUT2D eigenvalue weighted by Gasteiger charge is -2.08. The van der Waals surface area contributed by atoms with Crippen LogP contribution in [0.2, 0.25) is 0 Å². The molecular weight excluding hydrogens is 264 g/mol. The SMILES string of the molecule is NC(=O)c1cccc(N)c1Sc1nnnn1C1CC1. The maximum absolute atomic E-state index is 11.4. The molecule has 98 valence electrons. The zero-order chi connectivity index (χ0) is 13.4. The molecule has 2 aromatic rings. The minimum Gasteiger partial charge on any atom is -0.398 e. The molecule has 1 heterocycles. The van der Waals surface area contributed by atoms with Crippen molar-refractivity contribution in [2.75, 3.05) is 5.73 Å². The van der Waals surface area contributed by atoms with Crippen molar-refractivity contribution in [2.24, 2.45) is 5.73 Å². The lowest BCUT2D eigenvalue weighted by atomic mass is 10.2. The van der Waals surface area contributed by atoms with E-state index in [4.69, 9.17) is 11.5 Å². The summed E-state index contributed by atoms with van der Waals surface area (Å²) in [6.45, 7) is 0. The van der Waals surface area contributed by atoms with Gasteiger partial charge >= 0.3 is 0 Å². The standard InChI is InChI=1S/C11H12N6OS/c12-8-3-1-2-7(10(13)18)9(8)19-11-14-15-16-17(11)6-4-5-6/h1-3,6H,4-5,12H2,(H2,13,18). The second kappa shape index (κ2) is 4.54. The van der Waals surface area contributed by atoms with Crippen LogP contribution in [0, 0.1) is 0 Å². The number of primary amides is 1. The normalized spacial score (nSPS) is 14.5. The highest BCUT2D eigenvalue weighted by Crippen LogP contribution is 2.39. The Balaban J connectivity index is 1.98. The summed E-state index contributed by atoms with van der Waals surface area (Å²) in [5.74, 6) is -0.514. The van der Waals surface area contributed by atoms with Gasteiger partial charge in [-0.25, -0.2) is 4.68 Å². The number of amides is 1. The summed E-state index contributed by atoms with van der Waals surface area (Å²) in [5, 5.41) is 12.2. The summed E-state index contributed by atoms with van der Waals surface area (Å²) in [4.78, 5) is 12.0. The number of rotatable bonds is 4. The molecule has 1 aromatic heterocycles. The van der Waals surface area contributed by atoms with Crippen LogP contribution in [0.1, 0.15) is 29.2 Å². The second-order valence-electron chi connectivity index (χ2n) is 4.33. The molecule has 1 saturated carbocycles. The molecule has 1 aromatic carbocycles. The molecule has 1 fully saturated rings. The number of benzene rings is 1. The Morgan fingerprint density at radius 2 is 2.21 bits per heavy atom. The third-order valence-electron chi connectivity index (χ3n) is 2.86. The zero-order valence-corrected chi connectivity index (χ0v) is 10.8. The van der Waals surface area contributed by atoms with E-state index >= 15 is 0 Å². The molecule has 0 aliphatic heterocycles. The van der Waals surface area contributed by atoms with Crippen LogP contribution in [0.4, 0.5) is 5.69 Å². The van der Waals surface area contributed by atoms with E-state index in [9.17, 15) is 4.79 Å². The van der Waals surface area contributed by atoms with Gasteiger partial charge in [0, 0.05) is 5.69 Å². The minimum atomic E-state index is -0.514. The van der Waals surface area contributed by atoms with Crippen LogP contribution >= 0.6 is 11.8 Å². The Kier molecular flexibility index (Phi) is 2.86. The molecular formula is C11H12N6OS. The van der Waals surface area contributed by atoms with Crippen LogP contribution in [-0.2, 0) is 0 Å². The first-order valence-electron chi connectivity index (χ1n) is 5.81. The molecule has 0 saturated heterocycles. The van der Waals surface area contributed by atoms with Crippen LogP contribution in [0.25, 0.3) is 0 Å². The smallest absolute Gasteiger partial charge is 0.249 e. The van der Waals surface area contributed by atoms with E-state index in [2.05, 4.69) is 15.5 Å². The summed E-state index contributed by atoms with van der Waals surface area (Å²) in [7, 11) is 0. The van der Waals surface area contributed by atoms with Gasteiger partial charge in [-0.2, -0.15) is 0 Å². The van der Waals surface area contributed by atoms with E-state index in [0.29, 0.717) is 27.3 Å². The predicted molar refractivity (Wildman–Crippen MR) is 69.6 cm³/mol. The van der Waals surface area contributed by atoms with E-state index in [0.717, 1.165) is 12.8 Å². The molecule has 0 radical (unpaired) electrons. The molecule has 0 spiro atoms. The van der Waals surface area contributed by atoms with E-state index in [1.165, 1.54) is 11.8 Å². The van der Waals surface area contributed by atoms with Crippen molar-refractivity contribution in [3.05, 3.63) is 23.8 Å². The quantitative estimate of drug-likeness (QED) is 0.800. The van der Waals surface area contributed by atoms with E-state index in [-0.39, 0.29) is 0 Å². The molecule has 0 bridgehead atoms. The van der Waals surface area contributed by atoms with Crippen molar-refractivity contribution in [3.8, 4) is 0 Å². The van der Waals surface area contributed by atoms with Gasteiger partial charge in [0.2, 0.25) is 11.1 Å². The lowest BCUT2D eigenvalue weighted by Crippen LogP contribution is -2.13. The van der Waals surface area contributed by atoms with Crippen LogP contribution < -0.4 is 11.5 Å². The van der Waals surface area contributed by atoms with Gasteiger partial charge in [0.25, 0.3) is 0 Å². The predicted octanol–water partition coefficient (Wildman–Crippen LogP) is 0.840. The van der Waals surface area contributed by atoms with Crippen molar-refractivity contribution >= 4 is 23.4 Å². The van der Waals surface area contributed by atoms with Gasteiger partial charge in [-0.1, -0.05) is 6.07 Å². The van der Waals surface area contributed by atoms with Crippen LogP contribution in [0.15, 0.2) is 28.3 Å². The Hall–Kier alpha value is -2.09. The number of carbonyl (C=O) groups excluding carboxylic acids is 1. The topological polar surface area (TPSA) is 113 Å².